The lowest BCUT2D eigenvalue weighted by Gasteiger charge is -2.23. The fourth-order valence-electron chi connectivity index (χ4n) is 2.26. The van der Waals surface area contributed by atoms with Gasteiger partial charge in [0.1, 0.15) is 11.5 Å². The van der Waals surface area contributed by atoms with Crippen LogP contribution < -0.4 is 9.64 Å². The molecule has 0 saturated heterocycles. The topological polar surface area (TPSA) is 49.8 Å². The molecule has 0 aromatic heterocycles. The number of nitrogens with zero attached hydrogens (tertiary/aromatic N) is 1. The molecule has 116 valence electrons. The van der Waals surface area contributed by atoms with E-state index < -0.39 is 0 Å². The molecule has 0 aliphatic heterocycles. The van der Waals surface area contributed by atoms with Crippen LogP contribution in [0.4, 0.5) is 5.69 Å². The number of benzene rings is 2. The highest BCUT2D eigenvalue weighted by atomic mass is 16.5. The number of rotatable bonds is 6. The van der Waals surface area contributed by atoms with Crippen LogP contribution in [0.5, 0.6) is 11.5 Å². The zero-order valence-corrected chi connectivity index (χ0v) is 13.0. The van der Waals surface area contributed by atoms with Crippen molar-refractivity contribution in [3.05, 3.63) is 54.1 Å². The number of ether oxygens (including phenoxy) is 1. The third kappa shape index (κ3) is 3.58. The minimum Gasteiger partial charge on any atom is -0.508 e. The quantitative estimate of drug-likeness (QED) is 0.881. The molecule has 0 heterocycles. The van der Waals surface area contributed by atoms with E-state index in [0.29, 0.717) is 17.9 Å². The first-order valence-electron chi connectivity index (χ1n) is 7.41. The number of hydrogen-bond acceptors (Lipinski definition) is 3. The molecule has 2 aromatic rings. The number of amides is 1. The molecular weight excluding hydrogens is 278 g/mol. The lowest BCUT2D eigenvalue weighted by atomic mass is 10.1. The van der Waals surface area contributed by atoms with Crippen molar-refractivity contribution in [2.24, 2.45) is 0 Å². The molecule has 0 aliphatic carbocycles. The molecule has 0 aliphatic rings. The summed E-state index contributed by atoms with van der Waals surface area (Å²) < 4.78 is 5.29. The van der Waals surface area contributed by atoms with Gasteiger partial charge in [0, 0.05) is 12.2 Å². The van der Waals surface area contributed by atoms with E-state index in [4.69, 9.17) is 4.74 Å². The second kappa shape index (κ2) is 7.50. The standard InChI is InChI=1S/C18H21NO3/c1-3-4-13-19(14-9-11-15(20)12-10-14)18(21)16-7-5-6-8-17(16)22-2/h5-12,20H,3-4,13H2,1-2H3. The Balaban J connectivity index is 2.35. The molecule has 1 amide bonds. The number of unbranched alkanes of at least 4 members (excludes halogenated alkanes) is 1. The Labute approximate surface area is 131 Å². The number of anilines is 1. The van der Waals surface area contributed by atoms with Gasteiger partial charge in [-0.25, -0.2) is 0 Å². The van der Waals surface area contributed by atoms with Gasteiger partial charge in [-0.1, -0.05) is 25.5 Å². The average molecular weight is 299 g/mol. The van der Waals surface area contributed by atoms with Crippen molar-refractivity contribution in [1.82, 2.24) is 0 Å². The summed E-state index contributed by atoms with van der Waals surface area (Å²) in [6, 6.07) is 13.9. The van der Waals surface area contributed by atoms with Crippen LogP contribution in [0.15, 0.2) is 48.5 Å². The minimum absolute atomic E-state index is 0.100. The van der Waals surface area contributed by atoms with Crippen molar-refractivity contribution in [3.8, 4) is 11.5 Å². The smallest absolute Gasteiger partial charge is 0.262 e. The zero-order chi connectivity index (χ0) is 15.9. The molecule has 0 bridgehead atoms. The maximum Gasteiger partial charge on any atom is 0.262 e. The molecule has 0 spiro atoms. The zero-order valence-electron chi connectivity index (χ0n) is 13.0. The third-order valence-corrected chi connectivity index (χ3v) is 3.48. The molecule has 0 atom stereocenters. The van der Waals surface area contributed by atoms with Crippen molar-refractivity contribution in [2.75, 3.05) is 18.6 Å². The first-order valence-corrected chi connectivity index (χ1v) is 7.41. The lowest BCUT2D eigenvalue weighted by Crippen LogP contribution is -2.32. The van der Waals surface area contributed by atoms with Gasteiger partial charge < -0.3 is 14.7 Å². The highest BCUT2D eigenvalue weighted by molar-refractivity contribution is 6.07. The van der Waals surface area contributed by atoms with Gasteiger partial charge >= 0.3 is 0 Å². The molecule has 4 heteroatoms. The largest absolute Gasteiger partial charge is 0.508 e. The molecule has 1 N–H and O–H groups in total. The number of carbonyl (C=O) groups excluding carboxylic acids is 1. The number of aromatic hydroxyl groups is 1. The summed E-state index contributed by atoms with van der Waals surface area (Å²) in [4.78, 5) is 14.6. The summed E-state index contributed by atoms with van der Waals surface area (Å²) in [6.45, 7) is 2.71. The van der Waals surface area contributed by atoms with Crippen LogP contribution in [0.1, 0.15) is 30.1 Å². The molecule has 0 radical (unpaired) electrons. The summed E-state index contributed by atoms with van der Waals surface area (Å²) in [5.41, 5.74) is 1.30. The number of para-hydroxylation sites is 1. The number of methoxy groups -OCH3 is 1. The van der Waals surface area contributed by atoms with Crippen molar-refractivity contribution in [3.63, 3.8) is 0 Å². The molecular formula is C18H21NO3. The Kier molecular flexibility index (Phi) is 5.42. The van der Waals surface area contributed by atoms with E-state index in [2.05, 4.69) is 6.92 Å². The van der Waals surface area contributed by atoms with Gasteiger partial charge in [0.05, 0.1) is 12.7 Å². The fourth-order valence-corrected chi connectivity index (χ4v) is 2.26. The summed E-state index contributed by atoms with van der Waals surface area (Å²) in [5, 5.41) is 9.43. The SMILES string of the molecule is CCCCN(C(=O)c1ccccc1OC)c1ccc(O)cc1. The van der Waals surface area contributed by atoms with Gasteiger partial charge in [-0.2, -0.15) is 0 Å². The number of phenolic OH excluding ortho intramolecular Hbond substituents is 1. The minimum atomic E-state index is -0.100. The maximum atomic E-state index is 12.9. The Bertz CT molecular complexity index is 622. The normalized spacial score (nSPS) is 10.3. The van der Waals surface area contributed by atoms with E-state index in [1.165, 1.54) is 0 Å². The van der Waals surface area contributed by atoms with Gasteiger partial charge in [-0.3, -0.25) is 4.79 Å². The monoisotopic (exact) mass is 299 g/mol. The molecule has 0 fully saturated rings. The van der Waals surface area contributed by atoms with Crippen LogP contribution in [-0.4, -0.2) is 24.7 Å². The maximum absolute atomic E-state index is 12.9. The van der Waals surface area contributed by atoms with E-state index in [0.717, 1.165) is 18.5 Å². The molecule has 0 unspecified atom stereocenters. The van der Waals surface area contributed by atoms with E-state index >= 15 is 0 Å². The molecule has 2 rings (SSSR count). The fraction of sp³-hybridized carbons (Fsp3) is 0.278. The number of carbonyl (C=O) groups is 1. The second-order valence-corrected chi connectivity index (χ2v) is 5.03. The summed E-state index contributed by atoms with van der Waals surface area (Å²) in [5.74, 6) is 0.647. The average Bonchev–Trinajstić information content (AvgIpc) is 2.56. The van der Waals surface area contributed by atoms with Crippen LogP contribution in [0.25, 0.3) is 0 Å². The Morgan fingerprint density at radius 3 is 2.45 bits per heavy atom. The molecule has 0 saturated carbocycles. The first kappa shape index (κ1) is 15.9. The second-order valence-electron chi connectivity index (χ2n) is 5.03. The Morgan fingerprint density at radius 1 is 1.14 bits per heavy atom. The molecule has 22 heavy (non-hydrogen) atoms. The van der Waals surface area contributed by atoms with Crippen LogP contribution in [0.2, 0.25) is 0 Å². The molecule has 2 aromatic carbocycles. The van der Waals surface area contributed by atoms with Gasteiger partial charge in [-0.15, -0.1) is 0 Å². The summed E-state index contributed by atoms with van der Waals surface area (Å²) in [7, 11) is 1.56. The van der Waals surface area contributed by atoms with Gasteiger partial charge in [0.15, 0.2) is 0 Å². The Hall–Kier alpha value is -2.49. The summed E-state index contributed by atoms with van der Waals surface area (Å²) >= 11 is 0. The predicted octanol–water partition coefficient (Wildman–Crippen LogP) is 3.85. The van der Waals surface area contributed by atoms with Crippen LogP contribution in [0, 0.1) is 0 Å². The molecule has 4 nitrogen and oxygen atoms in total. The highest BCUT2D eigenvalue weighted by Gasteiger charge is 2.20. The van der Waals surface area contributed by atoms with Gasteiger partial charge in [-0.05, 0) is 42.8 Å². The van der Waals surface area contributed by atoms with E-state index in [9.17, 15) is 9.90 Å². The predicted molar refractivity (Wildman–Crippen MR) is 87.7 cm³/mol. The van der Waals surface area contributed by atoms with Crippen molar-refractivity contribution >= 4 is 11.6 Å². The highest BCUT2D eigenvalue weighted by Crippen LogP contribution is 2.25. The van der Waals surface area contributed by atoms with E-state index in [-0.39, 0.29) is 11.7 Å². The van der Waals surface area contributed by atoms with Crippen LogP contribution >= 0.6 is 0 Å². The number of phenols is 1. The van der Waals surface area contributed by atoms with Crippen LogP contribution in [0.3, 0.4) is 0 Å². The van der Waals surface area contributed by atoms with E-state index in [1.807, 2.05) is 12.1 Å². The lowest BCUT2D eigenvalue weighted by molar-refractivity contribution is 0.0983. The van der Waals surface area contributed by atoms with Gasteiger partial charge in [0.25, 0.3) is 5.91 Å². The van der Waals surface area contributed by atoms with Crippen molar-refractivity contribution in [2.45, 2.75) is 19.8 Å². The van der Waals surface area contributed by atoms with Crippen molar-refractivity contribution in [1.29, 1.82) is 0 Å². The van der Waals surface area contributed by atoms with E-state index in [1.54, 1.807) is 48.4 Å². The van der Waals surface area contributed by atoms with Gasteiger partial charge in [0.2, 0.25) is 0 Å². The number of hydrogen-bond donors (Lipinski definition) is 1. The summed E-state index contributed by atoms with van der Waals surface area (Å²) in [6.07, 6.45) is 1.90. The van der Waals surface area contributed by atoms with Crippen molar-refractivity contribution < 1.29 is 14.6 Å². The Morgan fingerprint density at radius 2 is 1.82 bits per heavy atom. The van der Waals surface area contributed by atoms with Crippen LogP contribution in [-0.2, 0) is 0 Å². The third-order valence-electron chi connectivity index (χ3n) is 3.48. The first-order chi connectivity index (χ1) is 10.7.